The Balaban J connectivity index is 1.80. The summed E-state index contributed by atoms with van der Waals surface area (Å²) in [6.07, 6.45) is 1.56. The molecule has 0 aliphatic carbocycles. The van der Waals surface area contributed by atoms with Gasteiger partial charge >= 0.3 is 5.97 Å². The van der Waals surface area contributed by atoms with Gasteiger partial charge in [0.2, 0.25) is 0 Å². The number of aromatic nitrogens is 3. The summed E-state index contributed by atoms with van der Waals surface area (Å²) in [5.74, 6) is 0.414. The van der Waals surface area contributed by atoms with Crippen molar-refractivity contribution >= 4 is 11.9 Å². The zero-order chi connectivity index (χ0) is 13.0. The van der Waals surface area contributed by atoms with E-state index in [9.17, 15) is 4.79 Å². The number of esters is 1. The van der Waals surface area contributed by atoms with Crippen LogP contribution in [-0.2, 0) is 11.3 Å². The average molecular weight is 252 g/mol. The molecule has 18 heavy (non-hydrogen) atoms. The van der Waals surface area contributed by atoms with Crippen LogP contribution in [0.3, 0.4) is 0 Å². The Bertz CT molecular complexity index is 455. The van der Waals surface area contributed by atoms with Gasteiger partial charge in [0.1, 0.15) is 0 Å². The predicted molar refractivity (Wildman–Crippen MR) is 64.3 cm³/mol. The Morgan fingerprint density at radius 3 is 3.11 bits per heavy atom. The SMILES string of the molecule is COC(=O)c1cn(CCNC2=NCCN2C)nn1. The Hall–Kier alpha value is -2.12. The number of guanidine groups is 1. The van der Waals surface area contributed by atoms with E-state index in [4.69, 9.17) is 0 Å². The number of hydrogen-bond acceptors (Lipinski definition) is 7. The van der Waals surface area contributed by atoms with Gasteiger partial charge in [-0.1, -0.05) is 5.21 Å². The summed E-state index contributed by atoms with van der Waals surface area (Å²) >= 11 is 0. The largest absolute Gasteiger partial charge is 0.464 e. The van der Waals surface area contributed by atoms with Gasteiger partial charge in [-0.15, -0.1) is 5.10 Å². The second kappa shape index (κ2) is 5.48. The maximum atomic E-state index is 11.2. The first-order valence-corrected chi connectivity index (χ1v) is 5.68. The van der Waals surface area contributed by atoms with E-state index in [1.807, 2.05) is 7.05 Å². The number of rotatable bonds is 4. The van der Waals surface area contributed by atoms with Gasteiger partial charge in [0, 0.05) is 20.1 Å². The number of hydrogen-bond donors (Lipinski definition) is 1. The normalized spacial score (nSPS) is 14.6. The van der Waals surface area contributed by atoms with Crippen molar-refractivity contribution in [3.05, 3.63) is 11.9 Å². The molecule has 1 N–H and O–H groups in total. The lowest BCUT2D eigenvalue weighted by Crippen LogP contribution is -2.37. The Morgan fingerprint density at radius 1 is 1.61 bits per heavy atom. The zero-order valence-corrected chi connectivity index (χ0v) is 10.5. The molecule has 0 radical (unpaired) electrons. The van der Waals surface area contributed by atoms with Gasteiger partial charge in [0.25, 0.3) is 0 Å². The van der Waals surface area contributed by atoms with Crippen molar-refractivity contribution in [1.82, 2.24) is 25.2 Å². The second-order valence-electron chi connectivity index (χ2n) is 3.91. The minimum Gasteiger partial charge on any atom is -0.464 e. The molecular weight excluding hydrogens is 236 g/mol. The van der Waals surface area contributed by atoms with Crippen molar-refractivity contribution in [2.45, 2.75) is 6.54 Å². The molecule has 0 bridgehead atoms. The number of likely N-dealkylation sites (N-methyl/N-ethyl adjacent to an activating group) is 1. The highest BCUT2D eigenvalue weighted by atomic mass is 16.5. The average Bonchev–Trinajstić information content (AvgIpc) is 2.99. The topological polar surface area (TPSA) is 84.6 Å². The highest BCUT2D eigenvalue weighted by Crippen LogP contribution is 1.96. The summed E-state index contributed by atoms with van der Waals surface area (Å²) in [4.78, 5) is 17.5. The van der Waals surface area contributed by atoms with Crippen LogP contribution in [0.1, 0.15) is 10.5 Å². The van der Waals surface area contributed by atoms with Crippen molar-refractivity contribution in [1.29, 1.82) is 0 Å². The van der Waals surface area contributed by atoms with Crippen LogP contribution in [0.2, 0.25) is 0 Å². The van der Waals surface area contributed by atoms with Crippen molar-refractivity contribution in [3.63, 3.8) is 0 Å². The first kappa shape index (κ1) is 12.3. The van der Waals surface area contributed by atoms with Gasteiger partial charge in [0.05, 0.1) is 26.4 Å². The standard InChI is InChI=1S/C10H16N6O2/c1-15-5-3-11-10(15)12-4-6-16-7-8(13-14-16)9(17)18-2/h7H,3-6H2,1-2H3,(H,11,12). The summed E-state index contributed by atoms with van der Waals surface area (Å²) in [6, 6.07) is 0. The summed E-state index contributed by atoms with van der Waals surface area (Å²) < 4.78 is 6.15. The fraction of sp³-hybridized carbons (Fsp3) is 0.600. The molecule has 0 saturated carbocycles. The van der Waals surface area contributed by atoms with Gasteiger partial charge in [-0.2, -0.15) is 0 Å². The molecule has 0 saturated heterocycles. The zero-order valence-electron chi connectivity index (χ0n) is 10.5. The number of nitrogens with zero attached hydrogens (tertiary/aromatic N) is 5. The number of nitrogens with one attached hydrogen (secondary N) is 1. The van der Waals surface area contributed by atoms with Gasteiger partial charge < -0.3 is 15.0 Å². The molecular formula is C10H16N6O2. The first-order chi connectivity index (χ1) is 8.70. The van der Waals surface area contributed by atoms with Crippen LogP contribution in [0.5, 0.6) is 0 Å². The van der Waals surface area contributed by atoms with E-state index < -0.39 is 5.97 Å². The van der Waals surface area contributed by atoms with Gasteiger partial charge in [-0.05, 0) is 0 Å². The monoisotopic (exact) mass is 252 g/mol. The summed E-state index contributed by atoms with van der Waals surface area (Å²) in [7, 11) is 3.31. The van der Waals surface area contributed by atoms with Gasteiger partial charge in [-0.25, -0.2) is 9.48 Å². The molecule has 8 heteroatoms. The van der Waals surface area contributed by atoms with E-state index in [0.29, 0.717) is 13.1 Å². The molecule has 1 aliphatic heterocycles. The van der Waals surface area contributed by atoms with Gasteiger partial charge in [0.15, 0.2) is 11.7 Å². The molecule has 1 aliphatic rings. The van der Waals surface area contributed by atoms with Crippen LogP contribution in [-0.4, -0.2) is 65.6 Å². The number of carbonyl (C=O) groups excluding carboxylic acids is 1. The van der Waals surface area contributed by atoms with E-state index in [0.717, 1.165) is 19.0 Å². The molecule has 2 heterocycles. The molecule has 0 fully saturated rings. The van der Waals surface area contributed by atoms with Crippen molar-refractivity contribution < 1.29 is 9.53 Å². The molecule has 1 aromatic heterocycles. The van der Waals surface area contributed by atoms with E-state index in [-0.39, 0.29) is 5.69 Å². The maximum Gasteiger partial charge on any atom is 0.360 e. The van der Waals surface area contributed by atoms with E-state index >= 15 is 0 Å². The van der Waals surface area contributed by atoms with Crippen LogP contribution < -0.4 is 5.32 Å². The Kier molecular flexibility index (Phi) is 3.75. The van der Waals surface area contributed by atoms with Crippen molar-refractivity contribution in [3.8, 4) is 0 Å². The third-order valence-electron chi connectivity index (χ3n) is 2.62. The highest BCUT2D eigenvalue weighted by Gasteiger charge is 2.12. The van der Waals surface area contributed by atoms with Gasteiger partial charge in [-0.3, -0.25) is 4.99 Å². The van der Waals surface area contributed by atoms with Crippen LogP contribution in [0.4, 0.5) is 0 Å². The second-order valence-corrected chi connectivity index (χ2v) is 3.91. The lowest BCUT2D eigenvalue weighted by Gasteiger charge is -2.14. The molecule has 0 spiro atoms. The minimum absolute atomic E-state index is 0.216. The Labute approximate surface area is 105 Å². The third-order valence-corrected chi connectivity index (χ3v) is 2.62. The molecule has 98 valence electrons. The molecule has 0 unspecified atom stereocenters. The summed E-state index contributed by atoms with van der Waals surface area (Å²) in [5.41, 5.74) is 0.216. The first-order valence-electron chi connectivity index (χ1n) is 5.68. The van der Waals surface area contributed by atoms with E-state index in [1.165, 1.54) is 7.11 Å². The van der Waals surface area contributed by atoms with Crippen LogP contribution in [0.15, 0.2) is 11.2 Å². The number of aliphatic imine (C=N–C) groups is 1. The Morgan fingerprint density at radius 2 is 2.44 bits per heavy atom. The fourth-order valence-electron chi connectivity index (χ4n) is 1.61. The van der Waals surface area contributed by atoms with Crippen molar-refractivity contribution in [2.75, 3.05) is 33.8 Å². The fourth-order valence-corrected chi connectivity index (χ4v) is 1.61. The molecule has 0 atom stereocenters. The van der Waals surface area contributed by atoms with E-state index in [2.05, 4.69) is 30.3 Å². The highest BCUT2D eigenvalue weighted by molar-refractivity contribution is 5.86. The predicted octanol–water partition coefficient (Wildman–Crippen LogP) is -1.04. The number of ether oxygens (including phenoxy) is 1. The summed E-state index contributed by atoms with van der Waals surface area (Å²) in [6.45, 7) is 3.05. The smallest absolute Gasteiger partial charge is 0.360 e. The summed E-state index contributed by atoms with van der Waals surface area (Å²) in [5, 5.41) is 10.8. The van der Waals surface area contributed by atoms with Crippen LogP contribution >= 0.6 is 0 Å². The molecule has 0 amide bonds. The van der Waals surface area contributed by atoms with Crippen molar-refractivity contribution in [2.24, 2.45) is 4.99 Å². The molecule has 1 aromatic rings. The van der Waals surface area contributed by atoms with Crippen LogP contribution in [0.25, 0.3) is 0 Å². The van der Waals surface area contributed by atoms with Crippen LogP contribution in [0, 0.1) is 0 Å². The third kappa shape index (κ3) is 2.76. The van der Waals surface area contributed by atoms with E-state index in [1.54, 1.807) is 10.9 Å². The molecule has 8 nitrogen and oxygen atoms in total. The number of methoxy groups -OCH3 is 1. The maximum absolute atomic E-state index is 11.2. The lowest BCUT2D eigenvalue weighted by atomic mass is 10.5. The quantitative estimate of drug-likeness (QED) is 0.689. The minimum atomic E-state index is -0.478. The number of carbonyl (C=O) groups is 1. The molecule has 2 rings (SSSR count). The lowest BCUT2D eigenvalue weighted by molar-refractivity contribution is 0.0594. The molecule has 0 aromatic carbocycles.